The predicted octanol–water partition coefficient (Wildman–Crippen LogP) is 5.99. The van der Waals surface area contributed by atoms with E-state index in [2.05, 4.69) is 5.10 Å². The molecule has 0 fully saturated rings. The number of aromatic carboxylic acids is 1. The summed E-state index contributed by atoms with van der Waals surface area (Å²) >= 11 is 0. The molecule has 0 unspecified atom stereocenters. The van der Waals surface area contributed by atoms with Crippen molar-refractivity contribution in [1.82, 2.24) is 9.78 Å². The number of hydrogen-bond donors (Lipinski definition) is 1. The van der Waals surface area contributed by atoms with Gasteiger partial charge in [-0.25, -0.2) is 9.18 Å². The highest BCUT2D eigenvalue weighted by molar-refractivity contribution is 5.99. The second-order valence-electron chi connectivity index (χ2n) is 7.92. The Bertz CT molecular complexity index is 1310. The molecule has 0 radical (unpaired) electrons. The summed E-state index contributed by atoms with van der Waals surface area (Å²) < 4.78 is 96.9. The third-order valence-electron chi connectivity index (χ3n) is 5.73. The largest absolute Gasteiger partial charge is 0.478 e. The van der Waals surface area contributed by atoms with E-state index in [1.807, 2.05) is 0 Å². The standard InChI is InChI=1S/C23H15F7N2O3/c24-16-10-11(21(34)35)8-9-12(16)19-13-4-1-2-7-17(13)32(31-19)20(33)18-14(22(25,26)27)5-3-6-15(18)23(28,29)30/h3,5-6,8-10H,1-2,4,7H2,(H,34,35). The van der Waals surface area contributed by atoms with Gasteiger partial charge >= 0.3 is 18.3 Å². The lowest BCUT2D eigenvalue weighted by molar-refractivity contribution is -0.143. The van der Waals surface area contributed by atoms with Crippen molar-refractivity contribution >= 4 is 11.9 Å². The summed E-state index contributed by atoms with van der Waals surface area (Å²) in [5.74, 6) is -4.05. The minimum absolute atomic E-state index is 0.0862. The second-order valence-corrected chi connectivity index (χ2v) is 7.92. The van der Waals surface area contributed by atoms with E-state index >= 15 is 0 Å². The average Bonchev–Trinajstić information content (AvgIpc) is 3.16. The molecule has 1 aliphatic carbocycles. The van der Waals surface area contributed by atoms with E-state index in [-0.39, 0.29) is 35.4 Å². The van der Waals surface area contributed by atoms with Crippen molar-refractivity contribution in [2.24, 2.45) is 0 Å². The van der Waals surface area contributed by atoms with E-state index in [1.165, 1.54) is 0 Å². The van der Waals surface area contributed by atoms with Gasteiger partial charge in [0.05, 0.1) is 33.6 Å². The SMILES string of the molecule is O=C(O)c1ccc(-c2nn(C(=O)c3c(C(F)(F)F)cccc3C(F)(F)F)c3c2CCCC3)c(F)c1. The highest BCUT2D eigenvalue weighted by atomic mass is 19.4. The molecule has 35 heavy (non-hydrogen) atoms. The van der Waals surface area contributed by atoms with Gasteiger partial charge in [-0.1, -0.05) is 6.07 Å². The van der Waals surface area contributed by atoms with Gasteiger partial charge in [-0.05, 0) is 56.0 Å². The van der Waals surface area contributed by atoms with Crippen LogP contribution in [0, 0.1) is 5.82 Å². The van der Waals surface area contributed by atoms with E-state index in [4.69, 9.17) is 5.11 Å². The Morgan fingerprint density at radius 2 is 1.51 bits per heavy atom. The van der Waals surface area contributed by atoms with E-state index in [0.717, 1.165) is 12.1 Å². The Balaban J connectivity index is 1.95. The highest BCUT2D eigenvalue weighted by Gasteiger charge is 2.44. The minimum atomic E-state index is -5.26. The van der Waals surface area contributed by atoms with E-state index in [9.17, 15) is 40.3 Å². The van der Waals surface area contributed by atoms with Crippen molar-refractivity contribution < 1.29 is 45.4 Å². The lowest BCUT2D eigenvalue weighted by Crippen LogP contribution is -2.26. The Morgan fingerprint density at radius 1 is 0.914 bits per heavy atom. The molecule has 1 heterocycles. The van der Waals surface area contributed by atoms with Gasteiger partial charge in [0, 0.05) is 11.1 Å². The molecule has 0 saturated carbocycles. The Morgan fingerprint density at radius 3 is 2.06 bits per heavy atom. The van der Waals surface area contributed by atoms with Gasteiger partial charge in [-0.15, -0.1) is 0 Å². The van der Waals surface area contributed by atoms with Gasteiger partial charge < -0.3 is 5.11 Å². The molecule has 5 nitrogen and oxygen atoms in total. The van der Waals surface area contributed by atoms with Crippen LogP contribution in [0.2, 0.25) is 0 Å². The van der Waals surface area contributed by atoms with Crippen molar-refractivity contribution in [3.8, 4) is 11.3 Å². The fraction of sp³-hybridized carbons (Fsp3) is 0.261. The fourth-order valence-corrected chi connectivity index (χ4v) is 4.18. The normalized spacial score (nSPS) is 14.0. The van der Waals surface area contributed by atoms with Crippen molar-refractivity contribution in [3.05, 3.63) is 75.7 Å². The molecule has 0 aliphatic heterocycles. The third kappa shape index (κ3) is 4.40. The molecule has 0 atom stereocenters. The number of nitrogens with zero attached hydrogens (tertiary/aromatic N) is 2. The lowest BCUT2D eigenvalue weighted by atomic mass is 9.92. The van der Waals surface area contributed by atoms with Crippen LogP contribution in [0.5, 0.6) is 0 Å². The summed E-state index contributed by atoms with van der Waals surface area (Å²) in [6.07, 6.45) is -9.09. The van der Waals surface area contributed by atoms with Crippen molar-refractivity contribution in [2.45, 2.75) is 38.0 Å². The molecule has 1 N–H and O–H groups in total. The first-order chi connectivity index (χ1) is 16.3. The molecule has 4 rings (SSSR count). The van der Waals surface area contributed by atoms with Crippen LogP contribution in [0.25, 0.3) is 11.3 Å². The monoisotopic (exact) mass is 500 g/mol. The van der Waals surface area contributed by atoms with Crippen LogP contribution >= 0.6 is 0 Å². The second kappa shape index (κ2) is 8.51. The number of carboxylic acid groups (broad SMARTS) is 1. The number of rotatable bonds is 3. The molecule has 0 spiro atoms. The quantitative estimate of drug-likeness (QED) is 0.449. The zero-order chi connectivity index (χ0) is 25.7. The van der Waals surface area contributed by atoms with Gasteiger partial charge in [-0.3, -0.25) is 4.79 Å². The maximum absolute atomic E-state index is 14.7. The van der Waals surface area contributed by atoms with Crippen LogP contribution in [-0.4, -0.2) is 26.8 Å². The number of carbonyl (C=O) groups excluding carboxylic acids is 1. The molecule has 12 heteroatoms. The van der Waals surface area contributed by atoms with Crippen LogP contribution in [0.3, 0.4) is 0 Å². The first kappa shape index (κ1) is 24.4. The Labute approximate surface area is 192 Å². The van der Waals surface area contributed by atoms with Crippen LogP contribution in [0.1, 0.15) is 55.9 Å². The minimum Gasteiger partial charge on any atom is -0.478 e. The van der Waals surface area contributed by atoms with Gasteiger partial charge in [0.25, 0.3) is 5.91 Å². The number of halogens is 7. The van der Waals surface area contributed by atoms with E-state index in [0.29, 0.717) is 47.4 Å². The summed E-state index contributed by atoms with van der Waals surface area (Å²) in [5.41, 5.74) is -5.47. The number of aromatic nitrogens is 2. The first-order valence-electron chi connectivity index (χ1n) is 10.3. The molecule has 3 aromatic rings. The number of alkyl halides is 6. The van der Waals surface area contributed by atoms with E-state index in [1.54, 1.807) is 0 Å². The molecule has 0 bridgehead atoms. The van der Waals surface area contributed by atoms with Gasteiger partial charge in [0.15, 0.2) is 0 Å². The highest BCUT2D eigenvalue weighted by Crippen LogP contribution is 2.41. The summed E-state index contributed by atoms with van der Waals surface area (Å²) in [7, 11) is 0. The predicted molar refractivity (Wildman–Crippen MR) is 107 cm³/mol. The summed E-state index contributed by atoms with van der Waals surface area (Å²) in [6, 6.07) is 4.21. The van der Waals surface area contributed by atoms with Gasteiger partial charge in [0.2, 0.25) is 0 Å². The van der Waals surface area contributed by atoms with E-state index < -0.39 is 46.7 Å². The summed E-state index contributed by atoms with van der Waals surface area (Å²) in [4.78, 5) is 24.4. The Hall–Kier alpha value is -3.70. The van der Waals surface area contributed by atoms with Crippen molar-refractivity contribution in [1.29, 1.82) is 0 Å². The number of benzene rings is 2. The zero-order valence-corrected chi connectivity index (χ0v) is 17.6. The Kier molecular flexibility index (Phi) is 5.94. The molecular weight excluding hydrogens is 485 g/mol. The summed E-state index contributed by atoms with van der Waals surface area (Å²) in [5, 5.41) is 13.0. The first-order valence-corrected chi connectivity index (χ1v) is 10.3. The third-order valence-corrected chi connectivity index (χ3v) is 5.73. The average molecular weight is 500 g/mol. The van der Waals surface area contributed by atoms with Crippen LogP contribution < -0.4 is 0 Å². The zero-order valence-electron chi connectivity index (χ0n) is 17.6. The van der Waals surface area contributed by atoms with Gasteiger partial charge in [-0.2, -0.15) is 36.1 Å². The molecule has 2 aromatic carbocycles. The van der Waals surface area contributed by atoms with Crippen molar-refractivity contribution in [3.63, 3.8) is 0 Å². The molecule has 1 aromatic heterocycles. The molecule has 1 aliphatic rings. The topological polar surface area (TPSA) is 72.2 Å². The summed E-state index contributed by atoms with van der Waals surface area (Å²) in [6.45, 7) is 0. The maximum Gasteiger partial charge on any atom is 0.417 e. The smallest absolute Gasteiger partial charge is 0.417 e. The van der Waals surface area contributed by atoms with Crippen LogP contribution in [0.4, 0.5) is 30.7 Å². The van der Waals surface area contributed by atoms with Gasteiger partial charge in [0.1, 0.15) is 5.82 Å². The van der Waals surface area contributed by atoms with Crippen LogP contribution in [0.15, 0.2) is 36.4 Å². The lowest BCUT2D eigenvalue weighted by Gasteiger charge is -2.19. The molecule has 184 valence electrons. The number of carboxylic acids is 1. The fourth-order valence-electron chi connectivity index (χ4n) is 4.18. The number of carbonyl (C=O) groups is 2. The molecular formula is C23H15F7N2O3. The van der Waals surface area contributed by atoms with Crippen molar-refractivity contribution in [2.75, 3.05) is 0 Å². The number of hydrogen-bond acceptors (Lipinski definition) is 3. The molecule has 0 amide bonds. The molecule has 0 saturated heterocycles. The maximum atomic E-state index is 14.7. The van der Waals surface area contributed by atoms with Crippen LogP contribution in [-0.2, 0) is 25.2 Å². The number of fused-ring (bicyclic) bond motifs is 1.